The van der Waals surface area contributed by atoms with Crippen LogP contribution >= 0.6 is 15.9 Å². The third-order valence-electron chi connectivity index (χ3n) is 1.60. The zero-order chi connectivity index (χ0) is 9.10. The minimum Gasteiger partial charge on any atom is -0.256 e. The van der Waals surface area contributed by atoms with Gasteiger partial charge in [-0.25, -0.2) is 9.97 Å². The van der Waals surface area contributed by atoms with Crippen molar-refractivity contribution in [2.45, 2.75) is 0 Å². The Morgan fingerprint density at radius 2 is 2.08 bits per heavy atom. The van der Waals surface area contributed by atoms with Crippen molar-refractivity contribution < 1.29 is 0 Å². The largest absolute Gasteiger partial charge is 0.256 e. The van der Waals surface area contributed by atoms with E-state index in [2.05, 4.69) is 30.9 Å². The molecule has 0 atom stereocenters. The zero-order valence-electron chi connectivity index (χ0n) is 6.68. The van der Waals surface area contributed by atoms with Crippen molar-refractivity contribution >= 4 is 15.9 Å². The molecule has 0 bridgehead atoms. The van der Waals surface area contributed by atoms with Crippen LogP contribution in [0.2, 0.25) is 0 Å². The lowest BCUT2D eigenvalue weighted by atomic mass is 10.2. The third kappa shape index (κ3) is 1.72. The van der Waals surface area contributed by atoms with Crippen molar-refractivity contribution in [2.24, 2.45) is 0 Å². The lowest BCUT2D eigenvalue weighted by Gasteiger charge is -1.99. The Morgan fingerprint density at radius 1 is 1.15 bits per heavy atom. The molecule has 0 aliphatic carbocycles. The Morgan fingerprint density at radius 3 is 2.77 bits per heavy atom. The van der Waals surface area contributed by atoms with Gasteiger partial charge in [0, 0.05) is 12.4 Å². The lowest BCUT2D eigenvalue weighted by Crippen LogP contribution is -1.87. The predicted octanol–water partition coefficient (Wildman–Crippen LogP) is 2.30. The molecule has 0 aromatic carbocycles. The normalized spacial score (nSPS) is 9.92. The van der Waals surface area contributed by atoms with Gasteiger partial charge in [-0.2, -0.15) is 0 Å². The van der Waals surface area contributed by atoms with Gasteiger partial charge in [-0.1, -0.05) is 6.07 Å². The maximum absolute atomic E-state index is 4.20. The molecule has 2 aromatic heterocycles. The fourth-order valence-corrected chi connectivity index (χ4v) is 1.41. The second-order valence-corrected chi connectivity index (χ2v) is 3.19. The van der Waals surface area contributed by atoms with Crippen molar-refractivity contribution in [3.8, 4) is 11.3 Å². The molecule has 0 spiro atoms. The summed E-state index contributed by atoms with van der Waals surface area (Å²) in [5, 5.41) is 0. The monoisotopic (exact) mass is 235 g/mol. The van der Waals surface area contributed by atoms with Crippen molar-refractivity contribution in [1.29, 1.82) is 0 Å². The lowest BCUT2D eigenvalue weighted by molar-refractivity contribution is 1.13. The Balaban J connectivity index is 2.54. The molecule has 2 aromatic rings. The fourth-order valence-electron chi connectivity index (χ4n) is 1.01. The van der Waals surface area contributed by atoms with E-state index in [0.717, 1.165) is 15.9 Å². The molecule has 0 amide bonds. The summed E-state index contributed by atoms with van der Waals surface area (Å²) < 4.78 is 0.765. The van der Waals surface area contributed by atoms with Gasteiger partial charge < -0.3 is 0 Å². The Kier molecular flexibility index (Phi) is 2.31. The molecular formula is C9H6BrN3. The highest BCUT2D eigenvalue weighted by Gasteiger charge is 2.03. The van der Waals surface area contributed by atoms with Gasteiger partial charge in [-0.05, 0) is 28.1 Å². The van der Waals surface area contributed by atoms with Crippen LogP contribution in [0, 0.1) is 0 Å². The van der Waals surface area contributed by atoms with E-state index in [1.807, 2.05) is 18.2 Å². The molecule has 2 heterocycles. The van der Waals surface area contributed by atoms with Gasteiger partial charge in [-0.3, -0.25) is 4.98 Å². The van der Waals surface area contributed by atoms with E-state index < -0.39 is 0 Å². The smallest absolute Gasteiger partial charge is 0.118 e. The van der Waals surface area contributed by atoms with Crippen LogP contribution in [0.1, 0.15) is 0 Å². The molecule has 64 valence electrons. The number of halogens is 1. The topological polar surface area (TPSA) is 38.7 Å². The number of nitrogens with zero attached hydrogens (tertiary/aromatic N) is 3. The first-order valence-corrected chi connectivity index (χ1v) is 4.54. The summed E-state index contributed by atoms with van der Waals surface area (Å²) in [5.74, 6) is 0. The average molecular weight is 236 g/mol. The quantitative estimate of drug-likeness (QED) is 0.713. The molecule has 0 fully saturated rings. The third-order valence-corrected chi connectivity index (χ3v) is 2.24. The molecule has 0 unspecified atom stereocenters. The number of hydrogen-bond donors (Lipinski definition) is 0. The first-order valence-electron chi connectivity index (χ1n) is 3.75. The van der Waals surface area contributed by atoms with Crippen molar-refractivity contribution in [1.82, 2.24) is 15.0 Å². The first-order chi connectivity index (χ1) is 6.38. The maximum atomic E-state index is 4.20. The van der Waals surface area contributed by atoms with Gasteiger partial charge in [0.1, 0.15) is 10.9 Å². The van der Waals surface area contributed by atoms with E-state index in [1.54, 1.807) is 12.4 Å². The van der Waals surface area contributed by atoms with Gasteiger partial charge >= 0.3 is 0 Å². The second kappa shape index (κ2) is 3.62. The average Bonchev–Trinajstić information content (AvgIpc) is 2.20. The highest BCUT2D eigenvalue weighted by Crippen LogP contribution is 2.22. The highest BCUT2D eigenvalue weighted by molar-refractivity contribution is 9.10. The molecule has 2 rings (SSSR count). The van der Waals surface area contributed by atoms with Crippen LogP contribution in [-0.4, -0.2) is 15.0 Å². The van der Waals surface area contributed by atoms with Gasteiger partial charge in [0.2, 0.25) is 0 Å². The van der Waals surface area contributed by atoms with E-state index >= 15 is 0 Å². The van der Waals surface area contributed by atoms with Crippen LogP contribution in [0.5, 0.6) is 0 Å². The number of aromatic nitrogens is 3. The zero-order valence-corrected chi connectivity index (χ0v) is 8.27. The second-order valence-electron chi connectivity index (χ2n) is 2.44. The van der Waals surface area contributed by atoms with Gasteiger partial charge in [0.25, 0.3) is 0 Å². The summed E-state index contributed by atoms with van der Waals surface area (Å²) in [6.07, 6.45) is 4.98. The highest BCUT2D eigenvalue weighted by atomic mass is 79.9. The minimum absolute atomic E-state index is 0.765. The van der Waals surface area contributed by atoms with Crippen LogP contribution in [0.3, 0.4) is 0 Å². The van der Waals surface area contributed by atoms with Crippen LogP contribution in [0.25, 0.3) is 11.3 Å². The molecule has 0 saturated heterocycles. The summed E-state index contributed by atoms with van der Waals surface area (Å²) in [5.41, 5.74) is 1.78. The molecule has 0 N–H and O–H groups in total. The van der Waals surface area contributed by atoms with E-state index in [0.29, 0.717) is 0 Å². The number of pyridine rings is 1. The molecule has 4 heteroatoms. The molecule has 0 saturated carbocycles. The van der Waals surface area contributed by atoms with E-state index in [1.165, 1.54) is 6.33 Å². The predicted molar refractivity (Wildman–Crippen MR) is 53.0 cm³/mol. The molecule has 0 radical (unpaired) electrons. The van der Waals surface area contributed by atoms with Crippen molar-refractivity contribution in [3.63, 3.8) is 0 Å². The van der Waals surface area contributed by atoms with Crippen molar-refractivity contribution in [2.75, 3.05) is 0 Å². The molecule has 0 aliphatic heterocycles. The van der Waals surface area contributed by atoms with Gasteiger partial charge in [0.15, 0.2) is 0 Å². The van der Waals surface area contributed by atoms with Crippen LogP contribution < -0.4 is 0 Å². The minimum atomic E-state index is 0.765. The maximum Gasteiger partial charge on any atom is 0.118 e. The summed E-state index contributed by atoms with van der Waals surface area (Å²) in [6, 6.07) is 5.73. The molecular weight excluding hydrogens is 230 g/mol. The summed E-state index contributed by atoms with van der Waals surface area (Å²) in [6.45, 7) is 0. The van der Waals surface area contributed by atoms with Gasteiger partial charge in [-0.15, -0.1) is 0 Å². The Labute approximate surface area is 84.0 Å². The SMILES string of the molecule is Brc1ncncc1-c1ccccn1. The van der Waals surface area contributed by atoms with Crippen LogP contribution in [0.4, 0.5) is 0 Å². The molecule has 0 aliphatic rings. The first kappa shape index (κ1) is 8.31. The Bertz CT molecular complexity index is 403. The molecule has 13 heavy (non-hydrogen) atoms. The standard InChI is InChI=1S/C9H6BrN3/c10-9-7(5-11-6-13-9)8-3-1-2-4-12-8/h1-6H. The van der Waals surface area contributed by atoms with E-state index in [4.69, 9.17) is 0 Å². The fraction of sp³-hybridized carbons (Fsp3) is 0. The summed E-state index contributed by atoms with van der Waals surface area (Å²) >= 11 is 3.34. The van der Waals surface area contributed by atoms with Gasteiger partial charge in [0.05, 0.1) is 11.3 Å². The summed E-state index contributed by atoms with van der Waals surface area (Å²) in [7, 11) is 0. The number of rotatable bonds is 1. The summed E-state index contributed by atoms with van der Waals surface area (Å²) in [4.78, 5) is 12.2. The van der Waals surface area contributed by atoms with Crippen LogP contribution in [0.15, 0.2) is 41.5 Å². The van der Waals surface area contributed by atoms with Crippen LogP contribution in [-0.2, 0) is 0 Å². The number of hydrogen-bond acceptors (Lipinski definition) is 3. The molecule has 3 nitrogen and oxygen atoms in total. The van der Waals surface area contributed by atoms with E-state index in [9.17, 15) is 0 Å². The van der Waals surface area contributed by atoms with E-state index in [-0.39, 0.29) is 0 Å². The Hall–Kier alpha value is -1.29. The van der Waals surface area contributed by atoms with Crippen molar-refractivity contribution in [3.05, 3.63) is 41.5 Å².